The van der Waals surface area contributed by atoms with E-state index >= 15 is 8.78 Å². The number of unbranched alkanes of at least 4 members (excludes halogenated alkanes) is 1. The van der Waals surface area contributed by atoms with Crippen molar-refractivity contribution in [2.45, 2.75) is 69.2 Å². The van der Waals surface area contributed by atoms with Gasteiger partial charge < -0.3 is 9.84 Å². The Morgan fingerprint density at radius 2 is 1.70 bits per heavy atom. The van der Waals surface area contributed by atoms with Crippen LogP contribution in [0, 0.1) is 17.5 Å². The molecule has 1 N–H and O–H groups in total. The average Bonchev–Trinajstić information content (AvgIpc) is 3.45. The number of sulfonamides is 1. The molecule has 13 heteroatoms. The van der Waals surface area contributed by atoms with Crippen LogP contribution in [0.1, 0.15) is 62.7 Å². The smallest absolute Gasteiger partial charge is 0.322 e. The van der Waals surface area contributed by atoms with E-state index in [-0.39, 0.29) is 24.8 Å². The second kappa shape index (κ2) is 14.5. The summed E-state index contributed by atoms with van der Waals surface area (Å²) in [6.45, 7) is 5.76. The number of aromatic nitrogens is 2. The van der Waals surface area contributed by atoms with Crippen molar-refractivity contribution in [3.63, 3.8) is 0 Å². The predicted octanol–water partition coefficient (Wildman–Crippen LogP) is 7.33. The Balaban J connectivity index is 1.70. The largest absolute Gasteiger partial charge is 0.495 e. The zero-order chi connectivity index (χ0) is 34.7. The van der Waals surface area contributed by atoms with Crippen LogP contribution in [0.5, 0.6) is 5.75 Å². The second-order valence-electron chi connectivity index (χ2n) is 11.7. The Kier molecular flexibility index (Phi) is 11.1. The molecule has 0 fully saturated rings. The molecular formula is C34H37ClF3N3O5S. The first-order valence-electron chi connectivity index (χ1n) is 15.0. The van der Waals surface area contributed by atoms with E-state index in [4.69, 9.17) is 16.3 Å². The van der Waals surface area contributed by atoms with Crippen molar-refractivity contribution < 1.29 is 36.2 Å². The van der Waals surface area contributed by atoms with Gasteiger partial charge in [0.25, 0.3) is 0 Å². The monoisotopic (exact) mass is 691 g/mol. The molecule has 0 aliphatic heterocycles. The normalized spacial score (nSPS) is 12.8. The van der Waals surface area contributed by atoms with E-state index in [2.05, 4.69) is 4.98 Å². The Bertz CT molecular complexity index is 1840. The summed E-state index contributed by atoms with van der Waals surface area (Å²) in [6, 6.07) is 11.2. The zero-order valence-corrected chi connectivity index (χ0v) is 28.3. The van der Waals surface area contributed by atoms with Crippen LogP contribution in [0.3, 0.4) is 0 Å². The predicted molar refractivity (Wildman–Crippen MR) is 173 cm³/mol. The highest BCUT2D eigenvalue weighted by Gasteiger charge is 2.34. The molecule has 0 saturated heterocycles. The first-order valence-corrected chi connectivity index (χ1v) is 16.8. The third kappa shape index (κ3) is 7.50. The van der Waals surface area contributed by atoms with Gasteiger partial charge in [-0.3, -0.25) is 9.36 Å². The molecule has 47 heavy (non-hydrogen) atoms. The van der Waals surface area contributed by atoms with Crippen molar-refractivity contribution in [3.8, 4) is 11.4 Å². The van der Waals surface area contributed by atoms with Gasteiger partial charge in [0.1, 0.15) is 35.1 Å². The van der Waals surface area contributed by atoms with E-state index in [9.17, 15) is 22.7 Å². The maximum absolute atomic E-state index is 15.4. The Hall–Kier alpha value is -3.87. The third-order valence-corrected chi connectivity index (χ3v) is 10.5. The second-order valence-corrected chi connectivity index (χ2v) is 14.1. The minimum Gasteiger partial charge on any atom is -0.495 e. The summed E-state index contributed by atoms with van der Waals surface area (Å²) in [6.07, 6.45) is 2.65. The van der Waals surface area contributed by atoms with Crippen LogP contribution < -0.4 is 4.74 Å². The number of aryl methyl sites for hydroxylation is 1. The highest BCUT2D eigenvalue weighted by Crippen LogP contribution is 2.38. The van der Waals surface area contributed by atoms with E-state index in [0.717, 1.165) is 12.6 Å². The molecule has 4 aromatic rings. The van der Waals surface area contributed by atoms with Gasteiger partial charge in [0.15, 0.2) is 0 Å². The molecule has 0 aliphatic carbocycles. The van der Waals surface area contributed by atoms with Crippen LogP contribution >= 0.6 is 11.6 Å². The standard InChI is InChI=1S/C34H37ClF3N3O5S/c1-6-7-8-29(33(42)43)40(4)47(44,45)24-18-27(37)25(28(38)19-24)14-16-32-39-20-31(41(32)23-12-10-22(36)11-13-23)34(2,3)21-9-15-26(35)30(17-21)46-5/h9-13,15,17-20,29H,6-8,14,16H2,1-5H3,(H,42,43)/t29-/m0/s1. The van der Waals surface area contributed by atoms with Crippen LogP contribution in [-0.4, -0.2) is 53.5 Å². The number of halogens is 4. The lowest BCUT2D eigenvalue weighted by molar-refractivity contribution is -0.141. The quantitative estimate of drug-likeness (QED) is 0.149. The summed E-state index contributed by atoms with van der Waals surface area (Å²) in [5.74, 6) is -3.07. The van der Waals surface area contributed by atoms with E-state index in [1.54, 1.807) is 29.0 Å². The van der Waals surface area contributed by atoms with Crippen molar-refractivity contribution in [3.05, 3.63) is 106 Å². The van der Waals surface area contributed by atoms with Gasteiger partial charge in [0.2, 0.25) is 10.0 Å². The van der Waals surface area contributed by atoms with Gasteiger partial charge >= 0.3 is 5.97 Å². The number of likely N-dealkylation sites (N-methyl/N-ethyl adjacent to an activating group) is 1. The molecule has 0 saturated carbocycles. The molecule has 0 amide bonds. The van der Waals surface area contributed by atoms with Gasteiger partial charge in [-0.25, -0.2) is 26.6 Å². The van der Waals surface area contributed by atoms with E-state index < -0.39 is 49.8 Å². The lowest BCUT2D eigenvalue weighted by Gasteiger charge is -2.28. The molecular weight excluding hydrogens is 655 g/mol. The highest BCUT2D eigenvalue weighted by molar-refractivity contribution is 7.89. The van der Waals surface area contributed by atoms with Crippen LogP contribution in [0.25, 0.3) is 5.69 Å². The fourth-order valence-corrected chi connectivity index (χ4v) is 7.04. The number of methoxy groups -OCH3 is 1. The van der Waals surface area contributed by atoms with Crippen LogP contribution in [0.4, 0.5) is 13.2 Å². The summed E-state index contributed by atoms with van der Waals surface area (Å²) >= 11 is 6.26. The van der Waals surface area contributed by atoms with E-state index in [0.29, 0.717) is 57.3 Å². The van der Waals surface area contributed by atoms with Crippen molar-refractivity contribution in [1.29, 1.82) is 0 Å². The number of hydrogen-bond donors (Lipinski definition) is 1. The van der Waals surface area contributed by atoms with Crippen molar-refractivity contribution in [2.75, 3.05) is 14.2 Å². The highest BCUT2D eigenvalue weighted by atomic mass is 35.5. The average molecular weight is 692 g/mol. The number of nitrogens with zero attached hydrogens (tertiary/aromatic N) is 3. The molecule has 0 bridgehead atoms. The number of ether oxygens (including phenoxy) is 1. The molecule has 3 aromatic carbocycles. The topological polar surface area (TPSA) is 102 Å². The molecule has 1 atom stereocenters. The van der Waals surface area contributed by atoms with E-state index in [1.807, 2.05) is 32.9 Å². The van der Waals surface area contributed by atoms with Gasteiger partial charge in [-0.15, -0.1) is 0 Å². The maximum Gasteiger partial charge on any atom is 0.322 e. The summed E-state index contributed by atoms with van der Waals surface area (Å²) in [5, 5.41) is 10.0. The SMILES string of the molecule is CCCC[C@@H](C(=O)O)N(C)S(=O)(=O)c1cc(F)c(CCc2ncc(C(C)(C)c3ccc(Cl)c(OC)c3)n2-c2ccc(F)cc2)c(F)c1. The lowest BCUT2D eigenvalue weighted by Crippen LogP contribution is -2.42. The number of imidazole rings is 1. The number of aliphatic carboxylic acids is 1. The lowest BCUT2D eigenvalue weighted by atomic mass is 9.81. The van der Waals surface area contributed by atoms with Gasteiger partial charge in [0, 0.05) is 36.3 Å². The number of hydrogen-bond acceptors (Lipinski definition) is 5. The molecule has 1 aromatic heterocycles. The summed E-state index contributed by atoms with van der Waals surface area (Å²) < 4.78 is 79.0. The summed E-state index contributed by atoms with van der Waals surface area (Å²) in [4.78, 5) is 15.7. The first-order chi connectivity index (χ1) is 22.1. The Morgan fingerprint density at radius 1 is 1.06 bits per heavy atom. The molecule has 0 aliphatic rings. The minimum atomic E-state index is -4.53. The molecule has 0 spiro atoms. The number of rotatable bonds is 14. The van der Waals surface area contributed by atoms with Crippen molar-refractivity contribution in [1.82, 2.24) is 13.9 Å². The number of carboxylic acid groups (broad SMARTS) is 1. The Morgan fingerprint density at radius 3 is 2.28 bits per heavy atom. The van der Waals surface area contributed by atoms with Crippen molar-refractivity contribution >= 4 is 27.6 Å². The molecule has 1 heterocycles. The first kappa shape index (κ1) is 36.0. The van der Waals surface area contributed by atoms with Crippen molar-refractivity contribution in [2.24, 2.45) is 0 Å². The molecule has 0 unspecified atom stereocenters. The summed E-state index contributed by atoms with van der Waals surface area (Å²) in [7, 11) is -1.93. The molecule has 8 nitrogen and oxygen atoms in total. The molecule has 0 radical (unpaired) electrons. The maximum atomic E-state index is 15.4. The van der Waals surface area contributed by atoms with Crippen LogP contribution in [0.15, 0.2) is 65.7 Å². The third-order valence-electron chi connectivity index (χ3n) is 8.38. The van der Waals surface area contributed by atoms with Gasteiger partial charge in [-0.05, 0) is 66.9 Å². The Labute approximate surface area is 277 Å². The van der Waals surface area contributed by atoms with Gasteiger partial charge in [0.05, 0.1) is 22.7 Å². The molecule has 252 valence electrons. The number of carbonyl (C=O) groups is 1. The van der Waals surface area contributed by atoms with Gasteiger partial charge in [-0.2, -0.15) is 4.31 Å². The van der Waals surface area contributed by atoms with Crippen LogP contribution in [-0.2, 0) is 33.1 Å². The minimum absolute atomic E-state index is 0.0370. The fraction of sp³-hybridized carbons (Fsp3) is 0.353. The fourth-order valence-electron chi connectivity index (χ4n) is 5.48. The molecule has 4 rings (SSSR count). The van der Waals surface area contributed by atoms with E-state index in [1.165, 1.54) is 19.2 Å². The van der Waals surface area contributed by atoms with Gasteiger partial charge in [-0.1, -0.05) is 51.3 Å². The zero-order valence-electron chi connectivity index (χ0n) is 26.7. The van der Waals surface area contributed by atoms with Crippen LogP contribution in [0.2, 0.25) is 5.02 Å². The number of carboxylic acids is 1. The summed E-state index contributed by atoms with van der Waals surface area (Å²) in [5.41, 5.74) is 1.06. The number of benzene rings is 3.